The fourth-order valence-corrected chi connectivity index (χ4v) is 2.47. The van der Waals surface area contributed by atoms with E-state index in [2.05, 4.69) is 36.8 Å². The van der Waals surface area contributed by atoms with Gasteiger partial charge in [-0.05, 0) is 39.7 Å². The van der Waals surface area contributed by atoms with Gasteiger partial charge < -0.3 is 5.73 Å². The van der Waals surface area contributed by atoms with Crippen LogP contribution >= 0.6 is 31.9 Å². The third-order valence-corrected chi connectivity index (χ3v) is 3.32. The summed E-state index contributed by atoms with van der Waals surface area (Å²) >= 11 is 6.42. The normalized spacial score (nSPS) is 10.6. The standard InChI is InChI=1S/C11H9Br2N3O2/c12-7-1-6(2-8(14)3-7)4-16-5-9(13)10(17)15-11(16)18/h1-3,5H,4,14H2,(H,15,17,18). The molecule has 2 aromatic rings. The first-order valence-corrected chi connectivity index (χ1v) is 6.58. The number of nitrogens with two attached hydrogens (primary N) is 1. The lowest BCUT2D eigenvalue weighted by atomic mass is 10.2. The highest BCUT2D eigenvalue weighted by atomic mass is 79.9. The molecule has 0 unspecified atom stereocenters. The minimum atomic E-state index is -0.457. The molecule has 1 aromatic heterocycles. The van der Waals surface area contributed by atoms with Crippen LogP contribution in [0.3, 0.4) is 0 Å². The Kier molecular flexibility index (Phi) is 3.72. The van der Waals surface area contributed by atoms with Gasteiger partial charge in [-0.15, -0.1) is 0 Å². The highest BCUT2D eigenvalue weighted by Crippen LogP contribution is 2.17. The zero-order valence-electron chi connectivity index (χ0n) is 9.11. The molecular formula is C11H9Br2N3O2. The first-order chi connectivity index (χ1) is 8.45. The van der Waals surface area contributed by atoms with E-state index < -0.39 is 11.2 Å². The van der Waals surface area contributed by atoms with Crippen molar-refractivity contribution in [2.75, 3.05) is 5.73 Å². The van der Waals surface area contributed by atoms with Crippen LogP contribution in [-0.4, -0.2) is 9.55 Å². The number of rotatable bonds is 2. The van der Waals surface area contributed by atoms with Gasteiger partial charge in [0.25, 0.3) is 5.56 Å². The summed E-state index contributed by atoms with van der Waals surface area (Å²) in [5, 5.41) is 0. The lowest BCUT2D eigenvalue weighted by Crippen LogP contribution is -2.30. The second-order valence-electron chi connectivity index (χ2n) is 3.76. The molecule has 7 heteroatoms. The van der Waals surface area contributed by atoms with Crippen LogP contribution < -0.4 is 17.0 Å². The molecule has 0 saturated carbocycles. The minimum Gasteiger partial charge on any atom is -0.399 e. The topological polar surface area (TPSA) is 80.9 Å². The van der Waals surface area contributed by atoms with Crippen molar-refractivity contribution in [1.29, 1.82) is 0 Å². The van der Waals surface area contributed by atoms with E-state index in [4.69, 9.17) is 5.73 Å². The molecule has 0 aliphatic carbocycles. The van der Waals surface area contributed by atoms with Crippen molar-refractivity contribution in [3.05, 3.63) is 59.7 Å². The molecule has 0 atom stereocenters. The number of aromatic nitrogens is 2. The molecule has 94 valence electrons. The molecule has 3 N–H and O–H groups in total. The van der Waals surface area contributed by atoms with Crippen LogP contribution in [-0.2, 0) is 6.54 Å². The van der Waals surface area contributed by atoms with Crippen molar-refractivity contribution in [2.24, 2.45) is 0 Å². The number of nitrogens with zero attached hydrogens (tertiary/aromatic N) is 1. The number of H-pyrrole nitrogens is 1. The van der Waals surface area contributed by atoms with E-state index in [0.29, 0.717) is 16.7 Å². The Morgan fingerprint density at radius 3 is 2.61 bits per heavy atom. The summed E-state index contributed by atoms with van der Waals surface area (Å²) in [5.41, 5.74) is 6.30. The van der Waals surface area contributed by atoms with E-state index in [-0.39, 0.29) is 0 Å². The molecule has 1 heterocycles. The predicted octanol–water partition coefficient (Wildman–Crippen LogP) is 1.69. The van der Waals surface area contributed by atoms with Crippen LogP contribution in [0.25, 0.3) is 0 Å². The summed E-state index contributed by atoms with van der Waals surface area (Å²) in [6.07, 6.45) is 1.46. The molecule has 5 nitrogen and oxygen atoms in total. The highest BCUT2D eigenvalue weighted by molar-refractivity contribution is 9.10. The Morgan fingerprint density at radius 2 is 1.94 bits per heavy atom. The van der Waals surface area contributed by atoms with E-state index in [0.717, 1.165) is 10.0 Å². The predicted molar refractivity (Wildman–Crippen MR) is 76.7 cm³/mol. The van der Waals surface area contributed by atoms with Gasteiger partial charge in [0.2, 0.25) is 0 Å². The molecule has 0 saturated heterocycles. The van der Waals surface area contributed by atoms with Gasteiger partial charge in [0, 0.05) is 16.4 Å². The second kappa shape index (κ2) is 5.11. The van der Waals surface area contributed by atoms with E-state index in [1.807, 2.05) is 6.07 Å². The molecule has 0 aliphatic rings. The number of hydrogen-bond acceptors (Lipinski definition) is 3. The Hall–Kier alpha value is -1.34. The van der Waals surface area contributed by atoms with Crippen molar-refractivity contribution in [3.63, 3.8) is 0 Å². The molecule has 0 fully saturated rings. The molecular weight excluding hydrogens is 366 g/mol. The summed E-state index contributed by atoms with van der Waals surface area (Å²) in [5.74, 6) is 0. The Balaban J connectivity index is 2.43. The Bertz CT molecular complexity index is 686. The average Bonchev–Trinajstić information content (AvgIpc) is 2.24. The molecule has 18 heavy (non-hydrogen) atoms. The van der Waals surface area contributed by atoms with Gasteiger partial charge in [-0.1, -0.05) is 15.9 Å². The number of nitrogens with one attached hydrogen (secondary N) is 1. The first-order valence-electron chi connectivity index (χ1n) is 5.00. The highest BCUT2D eigenvalue weighted by Gasteiger charge is 2.04. The lowest BCUT2D eigenvalue weighted by Gasteiger charge is -2.07. The fourth-order valence-electron chi connectivity index (χ4n) is 1.56. The second-order valence-corrected chi connectivity index (χ2v) is 5.53. The van der Waals surface area contributed by atoms with Gasteiger partial charge in [-0.25, -0.2) is 4.79 Å². The summed E-state index contributed by atoms with van der Waals surface area (Å²) in [4.78, 5) is 25.0. The third-order valence-electron chi connectivity index (χ3n) is 2.30. The van der Waals surface area contributed by atoms with E-state index in [1.165, 1.54) is 10.8 Å². The molecule has 0 spiro atoms. The van der Waals surface area contributed by atoms with E-state index in [9.17, 15) is 9.59 Å². The zero-order chi connectivity index (χ0) is 13.3. The van der Waals surface area contributed by atoms with Gasteiger partial charge in [0.15, 0.2) is 0 Å². The SMILES string of the molecule is Nc1cc(Br)cc(Cn2cc(Br)c(=O)[nH]c2=O)c1. The maximum absolute atomic E-state index is 11.6. The average molecular weight is 375 g/mol. The minimum absolute atomic E-state index is 0.310. The largest absolute Gasteiger partial charge is 0.399 e. The lowest BCUT2D eigenvalue weighted by molar-refractivity contribution is 0.716. The molecule has 0 amide bonds. The maximum Gasteiger partial charge on any atom is 0.328 e. The van der Waals surface area contributed by atoms with Crippen LogP contribution in [0.1, 0.15) is 5.56 Å². The summed E-state index contributed by atoms with van der Waals surface area (Å²) in [7, 11) is 0. The maximum atomic E-state index is 11.6. The van der Waals surface area contributed by atoms with Crippen LogP contribution in [0.2, 0.25) is 0 Å². The summed E-state index contributed by atoms with van der Waals surface area (Å²) in [6, 6.07) is 5.41. The van der Waals surface area contributed by atoms with Crippen molar-refractivity contribution in [3.8, 4) is 0 Å². The number of aromatic amines is 1. The van der Waals surface area contributed by atoms with Crippen molar-refractivity contribution in [2.45, 2.75) is 6.54 Å². The molecule has 1 aromatic carbocycles. The van der Waals surface area contributed by atoms with E-state index >= 15 is 0 Å². The number of nitrogen functional groups attached to an aromatic ring is 1. The van der Waals surface area contributed by atoms with Gasteiger partial charge >= 0.3 is 5.69 Å². The molecule has 0 aliphatic heterocycles. The van der Waals surface area contributed by atoms with E-state index in [1.54, 1.807) is 12.1 Å². The smallest absolute Gasteiger partial charge is 0.328 e. The van der Waals surface area contributed by atoms with Crippen LogP contribution in [0.4, 0.5) is 5.69 Å². The third kappa shape index (κ3) is 2.91. The number of hydrogen-bond donors (Lipinski definition) is 2. The van der Waals surface area contributed by atoms with Crippen molar-refractivity contribution < 1.29 is 0 Å². The number of halogens is 2. The number of benzene rings is 1. The zero-order valence-corrected chi connectivity index (χ0v) is 12.3. The Labute approximate surface area is 119 Å². The molecule has 2 rings (SSSR count). The van der Waals surface area contributed by atoms with Crippen LogP contribution in [0.5, 0.6) is 0 Å². The summed E-state index contributed by atoms with van der Waals surface area (Å²) in [6.45, 7) is 0.331. The number of anilines is 1. The van der Waals surface area contributed by atoms with Gasteiger partial charge in [-0.3, -0.25) is 14.3 Å². The van der Waals surface area contributed by atoms with Gasteiger partial charge in [-0.2, -0.15) is 0 Å². The Morgan fingerprint density at radius 1 is 1.22 bits per heavy atom. The van der Waals surface area contributed by atoms with Crippen LogP contribution in [0.15, 0.2) is 42.9 Å². The molecule has 0 bridgehead atoms. The van der Waals surface area contributed by atoms with Crippen molar-refractivity contribution in [1.82, 2.24) is 9.55 Å². The monoisotopic (exact) mass is 373 g/mol. The van der Waals surface area contributed by atoms with Gasteiger partial charge in [0.1, 0.15) is 0 Å². The van der Waals surface area contributed by atoms with Gasteiger partial charge in [0.05, 0.1) is 11.0 Å². The van der Waals surface area contributed by atoms with Crippen molar-refractivity contribution >= 4 is 37.5 Å². The van der Waals surface area contributed by atoms with Crippen LogP contribution in [0, 0.1) is 0 Å². The summed E-state index contributed by atoms with van der Waals surface area (Å²) < 4.78 is 2.55. The fraction of sp³-hybridized carbons (Fsp3) is 0.0909. The first kappa shape index (κ1) is 13.1. The quantitative estimate of drug-likeness (QED) is 0.785. The molecule has 0 radical (unpaired) electrons.